The summed E-state index contributed by atoms with van der Waals surface area (Å²) >= 11 is 0. The highest BCUT2D eigenvalue weighted by atomic mass is 33.1. The maximum Gasteiger partial charge on any atom is 0.220 e. The van der Waals surface area contributed by atoms with Gasteiger partial charge < -0.3 is 5.32 Å². The van der Waals surface area contributed by atoms with Gasteiger partial charge in [0.15, 0.2) is 0 Å². The van der Waals surface area contributed by atoms with E-state index in [1.165, 1.54) is 51.4 Å². The van der Waals surface area contributed by atoms with Crippen LogP contribution in [0.25, 0.3) is 0 Å². The van der Waals surface area contributed by atoms with E-state index in [-0.39, 0.29) is 5.91 Å². The van der Waals surface area contributed by atoms with E-state index >= 15 is 0 Å². The Morgan fingerprint density at radius 2 is 1.96 bits per heavy atom. The molecule has 1 fully saturated rings. The van der Waals surface area contributed by atoms with Gasteiger partial charge in [-0.25, -0.2) is 4.98 Å². The average Bonchev–Trinajstić information content (AvgIpc) is 2.58. The van der Waals surface area contributed by atoms with Crippen LogP contribution in [0.1, 0.15) is 64.2 Å². The first-order chi connectivity index (χ1) is 11.8. The fourth-order valence-electron chi connectivity index (χ4n) is 3.17. The van der Waals surface area contributed by atoms with Crippen LogP contribution in [0.2, 0.25) is 0 Å². The van der Waals surface area contributed by atoms with Crippen molar-refractivity contribution in [2.24, 2.45) is 5.92 Å². The van der Waals surface area contributed by atoms with E-state index in [4.69, 9.17) is 0 Å². The van der Waals surface area contributed by atoms with E-state index in [1.54, 1.807) is 27.8 Å². The van der Waals surface area contributed by atoms with Crippen LogP contribution in [0, 0.1) is 5.92 Å². The van der Waals surface area contributed by atoms with E-state index in [2.05, 4.69) is 10.3 Å². The van der Waals surface area contributed by atoms with Gasteiger partial charge in [-0.1, -0.05) is 61.8 Å². The lowest BCUT2D eigenvalue weighted by Gasteiger charge is -2.19. The number of pyridine rings is 1. The fraction of sp³-hybridized carbons (Fsp3) is 0.684. The summed E-state index contributed by atoms with van der Waals surface area (Å²) in [6, 6.07) is 5.89. The Hall–Kier alpha value is -0.680. The summed E-state index contributed by atoms with van der Waals surface area (Å²) in [6.45, 7) is 0.841. The van der Waals surface area contributed by atoms with E-state index < -0.39 is 0 Å². The third-order valence-electron chi connectivity index (χ3n) is 4.53. The van der Waals surface area contributed by atoms with Crippen molar-refractivity contribution in [2.75, 3.05) is 12.3 Å². The molecule has 1 heterocycles. The Balaban J connectivity index is 1.46. The lowest BCUT2D eigenvalue weighted by atomic mass is 9.88. The number of carbonyl (C=O) groups is 1. The zero-order valence-corrected chi connectivity index (χ0v) is 16.2. The molecular formula is C19H30N2OS2. The maximum atomic E-state index is 11.9. The maximum absolute atomic E-state index is 11.9. The Bertz CT molecular complexity index is 448. The molecule has 1 saturated carbocycles. The van der Waals surface area contributed by atoms with Gasteiger partial charge >= 0.3 is 0 Å². The lowest BCUT2D eigenvalue weighted by molar-refractivity contribution is -0.120. The molecular weight excluding hydrogens is 336 g/mol. The van der Waals surface area contributed by atoms with Crippen LogP contribution < -0.4 is 5.32 Å². The number of aromatic nitrogens is 1. The van der Waals surface area contributed by atoms with Crippen molar-refractivity contribution < 1.29 is 4.79 Å². The lowest BCUT2D eigenvalue weighted by Crippen LogP contribution is -2.25. The number of nitrogens with zero attached hydrogens (tertiary/aromatic N) is 1. The van der Waals surface area contributed by atoms with Crippen LogP contribution in [0.5, 0.6) is 0 Å². The third kappa shape index (κ3) is 8.97. The minimum Gasteiger partial charge on any atom is -0.356 e. The molecule has 1 N–H and O–H groups in total. The molecule has 0 spiro atoms. The van der Waals surface area contributed by atoms with Gasteiger partial charge in [0.1, 0.15) is 5.03 Å². The minimum absolute atomic E-state index is 0.182. The van der Waals surface area contributed by atoms with Gasteiger partial charge in [0.05, 0.1) is 0 Å². The molecule has 0 aromatic carbocycles. The number of rotatable bonds is 9. The van der Waals surface area contributed by atoms with E-state index in [1.807, 2.05) is 18.2 Å². The molecule has 1 aliphatic carbocycles. The van der Waals surface area contributed by atoms with Gasteiger partial charge in [0.2, 0.25) is 5.91 Å². The first-order valence-corrected chi connectivity index (χ1v) is 11.6. The van der Waals surface area contributed by atoms with Gasteiger partial charge in [0.25, 0.3) is 0 Å². The van der Waals surface area contributed by atoms with Crippen LogP contribution in [-0.2, 0) is 4.79 Å². The molecule has 1 aromatic rings. The Morgan fingerprint density at radius 3 is 2.71 bits per heavy atom. The number of amides is 1. The largest absolute Gasteiger partial charge is 0.356 e. The smallest absolute Gasteiger partial charge is 0.220 e. The van der Waals surface area contributed by atoms with Crippen molar-refractivity contribution in [1.29, 1.82) is 0 Å². The molecule has 1 amide bonds. The second-order valence-electron chi connectivity index (χ2n) is 6.53. The van der Waals surface area contributed by atoms with Crippen molar-refractivity contribution in [1.82, 2.24) is 10.3 Å². The van der Waals surface area contributed by atoms with Crippen molar-refractivity contribution in [3.8, 4) is 0 Å². The van der Waals surface area contributed by atoms with Gasteiger partial charge in [-0.05, 0) is 41.7 Å². The number of nitrogens with one attached hydrogen (secondary N) is 1. The third-order valence-corrected chi connectivity index (χ3v) is 6.80. The van der Waals surface area contributed by atoms with E-state index in [0.717, 1.165) is 29.7 Å². The zero-order valence-electron chi connectivity index (χ0n) is 14.5. The second-order valence-corrected chi connectivity index (χ2v) is 8.96. The zero-order chi connectivity index (χ0) is 16.9. The Kier molecular flexibility index (Phi) is 10.4. The van der Waals surface area contributed by atoms with Crippen molar-refractivity contribution >= 4 is 27.5 Å². The molecule has 0 unspecified atom stereocenters. The number of carbonyl (C=O) groups excluding carboxylic acids is 1. The normalized spacial score (nSPS) is 16.3. The summed E-state index contributed by atoms with van der Waals surface area (Å²) in [5, 5.41) is 4.07. The average molecular weight is 367 g/mol. The molecule has 0 atom stereocenters. The molecule has 134 valence electrons. The molecule has 2 rings (SSSR count). The summed E-state index contributed by atoms with van der Waals surface area (Å²) in [7, 11) is 3.33. The van der Waals surface area contributed by atoms with Crippen molar-refractivity contribution in [3.05, 3.63) is 24.4 Å². The van der Waals surface area contributed by atoms with Gasteiger partial charge in [-0.2, -0.15) is 0 Å². The molecule has 0 aliphatic heterocycles. The summed E-state index contributed by atoms with van der Waals surface area (Å²) < 4.78 is 0. The molecule has 0 bridgehead atoms. The van der Waals surface area contributed by atoms with Crippen molar-refractivity contribution in [2.45, 2.75) is 69.2 Å². The highest BCUT2D eigenvalue weighted by Crippen LogP contribution is 2.29. The van der Waals surface area contributed by atoms with Gasteiger partial charge in [0, 0.05) is 24.9 Å². The highest BCUT2D eigenvalue weighted by molar-refractivity contribution is 8.76. The topological polar surface area (TPSA) is 42.0 Å². The van der Waals surface area contributed by atoms with Crippen LogP contribution in [0.15, 0.2) is 29.4 Å². The first kappa shape index (κ1) is 19.6. The van der Waals surface area contributed by atoms with Crippen LogP contribution >= 0.6 is 21.6 Å². The monoisotopic (exact) mass is 366 g/mol. The first-order valence-electron chi connectivity index (χ1n) is 9.32. The minimum atomic E-state index is 0.182. The van der Waals surface area contributed by atoms with Crippen LogP contribution in [0.4, 0.5) is 0 Å². The Labute approximate surface area is 154 Å². The molecule has 0 radical (unpaired) electrons. The molecule has 5 heteroatoms. The molecule has 3 nitrogen and oxygen atoms in total. The predicted molar refractivity (Wildman–Crippen MR) is 105 cm³/mol. The van der Waals surface area contributed by atoms with Gasteiger partial charge in [-0.15, -0.1) is 0 Å². The number of hydrogen-bond acceptors (Lipinski definition) is 4. The summed E-state index contributed by atoms with van der Waals surface area (Å²) in [5.74, 6) is 1.91. The van der Waals surface area contributed by atoms with E-state index in [9.17, 15) is 4.79 Å². The standard InChI is InChI=1S/C19H30N2OS2/c22-18(13-16-23-24-19-12-6-7-14-21-19)20-15-8-11-17-9-4-2-1-3-5-10-17/h6-7,12,14,17H,1-5,8-11,13,15-16H2,(H,20,22). The van der Waals surface area contributed by atoms with E-state index in [0.29, 0.717) is 6.42 Å². The predicted octanol–water partition coefficient (Wildman–Crippen LogP) is 5.47. The van der Waals surface area contributed by atoms with Gasteiger partial charge in [-0.3, -0.25) is 4.79 Å². The second kappa shape index (κ2) is 12.6. The summed E-state index contributed by atoms with van der Waals surface area (Å²) in [5.41, 5.74) is 0. The molecule has 0 saturated heterocycles. The molecule has 1 aliphatic rings. The summed E-state index contributed by atoms with van der Waals surface area (Å²) in [4.78, 5) is 16.1. The SMILES string of the molecule is O=C(CCSSc1ccccn1)NCCCC1CCCCCCC1. The summed E-state index contributed by atoms with van der Waals surface area (Å²) in [6.07, 6.45) is 14.7. The quantitative estimate of drug-likeness (QED) is 0.465. The Morgan fingerprint density at radius 1 is 1.17 bits per heavy atom. The molecule has 1 aromatic heterocycles. The van der Waals surface area contributed by atoms with Crippen LogP contribution in [0.3, 0.4) is 0 Å². The number of hydrogen-bond donors (Lipinski definition) is 1. The van der Waals surface area contributed by atoms with Crippen LogP contribution in [-0.4, -0.2) is 23.2 Å². The molecule has 24 heavy (non-hydrogen) atoms. The fourth-order valence-corrected chi connectivity index (χ4v) is 5.04. The highest BCUT2D eigenvalue weighted by Gasteiger charge is 2.11. The van der Waals surface area contributed by atoms with Crippen molar-refractivity contribution in [3.63, 3.8) is 0 Å².